The normalized spacial score (nSPS) is 11.2. The van der Waals surface area contributed by atoms with Crippen molar-refractivity contribution in [3.63, 3.8) is 0 Å². The summed E-state index contributed by atoms with van der Waals surface area (Å²) < 4.78 is 6.03. The molecule has 0 saturated heterocycles. The van der Waals surface area contributed by atoms with Gasteiger partial charge in [0.2, 0.25) is 0 Å². The molecule has 0 fully saturated rings. The Bertz CT molecular complexity index is 843. The van der Waals surface area contributed by atoms with E-state index in [4.69, 9.17) is 4.74 Å². The van der Waals surface area contributed by atoms with Crippen molar-refractivity contribution < 1.29 is 14.5 Å². The predicted octanol–water partition coefficient (Wildman–Crippen LogP) is 5.44. The van der Waals surface area contributed by atoms with Gasteiger partial charge in [0.05, 0.1) is 16.0 Å². The number of nitro groups is 1. The summed E-state index contributed by atoms with van der Waals surface area (Å²) in [6.45, 7) is 9.29. The van der Waals surface area contributed by atoms with Crippen molar-refractivity contribution in [2.24, 2.45) is 0 Å². The molecule has 0 spiro atoms. The van der Waals surface area contributed by atoms with Crippen LogP contribution in [0.3, 0.4) is 0 Å². The van der Waals surface area contributed by atoms with Gasteiger partial charge in [-0.1, -0.05) is 18.2 Å². The summed E-state index contributed by atoms with van der Waals surface area (Å²) >= 11 is 3.48. The number of nitrogens with zero attached hydrogens (tertiary/aromatic N) is 2. The van der Waals surface area contributed by atoms with Crippen LogP contribution < -0.4 is 4.90 Å². The number of non-ortho nitro benzene ring substituents is 1. The third kappa shape index (κ3) is 4.17. The van der Waals surface area contributed by atoms with E-state index in [-0.39, 0.29) is 12.2 Å². The average molecular weight is 407 g/mol. The van der Waals surface area contributed by atoms with Gasteiger partial charge in [-0.2, -0.15) is 0 Å². The summed E-state index contributed by atoms with van der Waals surface area (Å²) in [4.78, 5) is 24.7. The molecule has 0 aromatic heterocycles. The van der Waals surface area contributed by atoms with Crippen molar-refractivity contribution in [2.45, 2.75) is 26.4 Å². The second kappa shape index (κ2) is 7.23. The van der Waals surface area contributed by atoms with Crippen LogP contribution in [0, 0.1) is 10.1 Å². The molecule has 0 saturated carbocycles. The minimum absolute atomic E-state index is 0.0114. The van der Waals surface area contributed by atoms with Gasteiger partial charge in [-0.15, -0.1) is 6.58 Å². The van der Waals surface area contributed by atoms with Crippen LogP contribution in [-0.4, -0.2) is 23.2 Å². The van der Waals surface area contributed by atoms with Gasteiger partial charge in [0.15, 0.2) is 0 Å². The monoisotopic (exact) mass is 406 g/mol. The van der Waals surface area contributed by atoms with Gasteiger partial charge in [-0.05, 0) is 48.8 Å². The van der Waals surface area contributed by atoms with Crippen LogP contribution in [-0.2, 0) is 4.74 Å². The van der Waals surface area contributed by atoms with E-state index >= 15 is 0 Å². The van der Waals surface area contributed by atoms with Crippen molar-refractivity contribution >= 4 is 44.2 Å². The molecule has 25 heavy (non-hydrogen) atoms. The topological polar surface area (TPSA) is 72.7 Å². The number of fused-ring (bicyclic) bond motifs is 1. The van der Waals surface area contributed by atoms with Gasteiger partial charge < -0.3 is 4.74 Å². The first kappa shape index (κ1) is 18.9. The van der Waals surface area contributed by atoms with Gasteiger partial charge in [-0.3, -0.25) is 15.0 Å². The predicted molar refractivity (Wildman–Crippen MR) is 102 cm³/mol. The average Bonchev–Trinajstić information content (AvgIpc) is 2.51. The van der Waals surface area contributed by atoms with Crippen LogP contribution in [0.5, 0.6) is 0 Å². The Morgan fingerprint density at radius 1 is 1.32 bits per heavy atom. The standard InChI is InChI=1S/C18H19BrN2O4/c1-5-11-20(17(22)25-18(2,3)4)15-10-9-12-13(16(15)19)7-6-8-14(12)21(23)24/h5-10H,1,11H2,2-4H3. The number of rotatable bonds is 4. The van der Waals surface area contributed by atoms with Crippen molar-refractivity contribution in [2.75, 3.05) is 11.4 Å². The van der Waals surface area contributed by atoms with Gasteiger partial charge in [0.1, 0.15) is 5.60 Å². The Morgan fingerprint density at radius 3 is 2.56 bits per heavy atom. The number of anilines is 1. The quantitative estimate of drug-likeness (QED) is 0.385. The molecule has 0 radical (unpaired) electrons. The maximum atomic E-state index is 12.5. The summed E-state index contributed by atoms with van der Waals surface area (Å²) in [5.74, 6) is 0. The summed E-state index contributed by atoms with van der Waals surface area (Å²) in [6, 6.07) is 8.11. The van der Waals surface area contributed by atoms with Gasteiger partial charge >= 0.3 is 6.09 Å². The van der Waals surface area contributed by atoms with Crippen LogP contribution in [0.1, 0.15) is 20.8 Å². The van der Waals surface area contributed by atoms with Gasteiger partial charge in [0.25, 0.3) is 5.69 Å². The fraction of sp³-hybridized carbons (Fsp3) is 0.278. The van der Waals surface area contributed by atoms with E-state index in [0.29, 0.717) is 20.9 Å². The van der Waals surface area contributed by atoms with Gasteiger partial charge in [0, 0.05) is 22.5 Å². The molecule has 6 nitrogen and oxygen atoms in total. The lowest BCUT2D eigenvalue weighted by molar-refractivity contribution is -0.383. The zero-order valence-corrected chi connectivity index (χ0v) is 15.9. The Labute approximate surface area is 154 Å². The maximum Gasteiger partial charge on any atom is 0.415 e. The molecule has 2 aromatic rings. The molecule has 0 unspecified atom stereocenters. The number of nitro benzene ring substituents is 1. The number of hydrogen-bond acceptors (Lipinski definition) is 4. The van der Waals surface area contributed by atoms with Gasteiger partial charge in [-0.25, -0.2) is 4.79 Å². The summed E-state index contributed by atoms with van der Waals surface area (Å²) in [6.07, 6.45) is 1.08. The Morgan fingerprint density at radius 2 is 2.00 bits per heavy atom. The number of carbonyl (C=O) groups is 1. The smallest absolute Gasteiger partial charge is 0.415 e. The number of hydrogen-bond donors (Lipinski definition) is 0. The second-order valence-corrected chi connectivity index (χ2v) is 7.20. The Balaban J connectivity index is 2.57. The number of ether oxygens (including phenoxy) is 1. The molecule has 0 heterocycles. The largest absolute Gasteiger partial charge is 0.443 e. The number of benzene rings is 2. The molecular weight excluding hydrogens is 388 g/mol. The van der Waals surface area contributed by atoms with Crippen molar-refractivity contribution in [3.8, 4) is 0 Å². The Hall–Kier alpha value is -2.41. The third-order valence-corrected chi connectivity index (χ3v) is 4.20. The van der Waals surface area contributed by atoms with E-state index in [9.17, 15) is 14.9 Å². The molecule has 1 amide bonds. The molecular formula is C18H19BrN2O4. The van der Waals surface area contributed by atoms with Crippen molar-refractivity contribution in [1.82, 2.24) is 0 Å². The number of halogens is 1. The first-order valence-electron chi connectivity index (χ1n) is 7.62. The molecule has 0 atom stereocenters. The molecule has 0 aliphatic carbocycles. The van der Waals surface area contributed by atoms with Crippen LogP contribution in [0.4, 0.5) is 16.2 Å². The van der Waals surface area contributed by atoms with E-state index in [1.807, 2.05) is 0 Å². The third-order valence-electron chi connectivity index (χ3n) is 3.37. The molecule has 0 aliphatic rings. The summed E-state index contributed by atoms with van der Waals surface area (Å²) in [7, 11) is 0. The lowest BCUT2D eigenvalue weighted by atomic mass is 10.1. The zero-order chi connectivity index (χ0) is 18.8. The second-order valence-electron chi connectivity index (χ2n) is 6.41. The summed E-state index contributed by atoms with van der Waals surface area (Å²) in [5, 5.41) is 12.3. The van der Waals surface area contributed by atoms with Crippen LogP contribution in [0.25, 0.3) is 10.8 Å². The minimum Gasteiger partial charge on any atom is -0.443 e. The van der Waals surface area contributed by atoms with Crippen LogP contribution >= 0.6 is 15.9 Å². The SMILES string of the molecule is C=CCN(C(=O)OC(C)(C)C)c1ccc2c([N+](=O)[O-])cccc2c1Br. The molecule has 0 N–H and O–H groups in total. The van der Waals surface area contributed by atoms with Crippen LogP contribution in [0.2, 0.25) is 0 Å². The molecule has 0 aliphatic heterocycles. The minimum atomic E-state index is -0.640. The van der Waals surface area contributed by atoms with E-state index in [1.54, 1.807) is 51.1 Å². The zero-order valence-electron chi connectivity index (χ0n) is 14.3. The molecule has 2 aromatic carbocycles. The molecule has 2 rings (SSSR count). The highest BCUT2D eigenvalue weighted by Crippen LogP contribution is 2.37. The van der Waals surface area contributed by atoms with E-state index in [1.165, 1.54) is 11.0 Å². The first-order chi connectivity index (χ1) is 11.7. The fourth-order valence-corrected chi connectivity index (χ4v) is 3.07. The molecule has 132 valence electrons. The Kier molecular flexibility index (Phi) is 5.47. The van der Waals surface area contributed by atoms with E-state index < -0.39 is 16.6 Å². The maximum absolute atomic E-state index is 12.5. The summed E-state index contributed by atoms with van der Waals surface area (Å²) in [5.41, 5.74) is -0.0713. The molecule has 0 bridgehead atoms. The highest BCUT2D eigenvalue weighted by molar-refractivity contribution is 9.10. The highest BCUT2D eigenvalue weighted by Gasteiger charge is 2.25. The lowest BCUT2D eigenvalue weighted by Gasteiger charge is -2.27. The van der Waals surface area contributed by atoms with Crippen molar-refractivity contribution in [1.29, 1.82) is 0 Å². The highest BCUT2D eigenvalue weighted by atomic mass is 79.9. The first-order valence-corrected chi connectivity index (χ1v) is 8.42. The lowest BCUT2D eigenvalue weighted by Crippen LogP contribution is -2.37. The number of amides is 1. The van der Waals surface area contributed by atoms with Crippen LogP contribution in [0.15, 0.2) is 47.5 Å². The van der Waals surface area contributed by atoms with Crippen molar-refractivity contribution in [3.05, 3.63) is 57.6 Å². The van der Waals surface area contributed by atoms with E-state index in [2.05, 4.69) is 22.5 Å². The molecule has 7 heteroatoms. The fourth-order valence-electron chi connectivity index (χ4n) is 2.38. The van der Waals surface area contributed by atoms with E-state index in [0.717, 1.165) is 0 Å². The number of carbonyl (C=O) groups excluding carboxylic acids is 1.